The highest BCUT2D eigenvalue weighted by Crippen LogP contribution is 2.36. The topological polar surface area (TPSA) is 125 Å². The molecule has 10 heteroatoms. The molecule has 35 heavy (non-hydrogen) atoms. The van der Waals surface area contributed by atoms with Crippen molar-refractivity contribution in [3.05, 3.63) is 78.5 Å². The fourth-order valence-corrected chi connectivity index (χ4v) is 3.66. The van der Waals surface area contributed by atoms with Crippen molar-refractivity contribution < 1.29 is 23.4 Å². The summed E-state index contributed by atoms with van der Waals surface area (Å²) in [4.78, 5) is 28.9. The Balaban J connectivity index is 1.61. The van der Waals surface area contributed by atoms with E-state index in [0.29, 0.717) is 28.4 Å². The molecule has 0 radical (unpaired) electrons. The summed E-state index contributed by atoms with van der Waals surface area (Å²) in [7, 11) is 0. The van der Waals surface area contributed by atoms with Crippen molar-refractivity contribution in [3.8, 4) is 34.4 Å². The first-order valence-electron chi connectivity index (χ1n) is 10.9. The number of amides is 1. The van der Waals surface area contributed by atoms with Crippen molar-refractivity contribution >= 4 is 5.91 Å². The van der Waals surface area contributed by atoms with Crippen LogP contribution in [0.2, 0.25) is 0 Å². The number of nitrogens with zero attached hydrogens (tertiary/aromatic N) is 3. The lowest BCUT2D eigenvalue weighted by atomic mass is 10.1. The average molecular weight is 475 g/mol. The van der Waals surface area contributed by atoms with E-state index in [0.717, 1.165) is 0 Å². The lowest BCUT2D eigenvalue weighted by Gasteiger charge is -2.35. The van der Waals surface area contributed by atoms with Gasteiger partial charge in [-0.2, -0.15) is 4.98 Å². The number of aromatic amines is 1. The molecule has 3 heterocycles. The number of hydrogen-bond acceptors (Lipinski definition) is 7. The second-order valence-electron chi connectivity index (χ2n) is 8.16. The number of imidazole rings is 1. The number of ether oxygens (including phenoxy) is 3. The molecule has 0 atom stereocenters. The quantitative estimate of drug-likeness (QED) is 0.435. The predicted molar refractivity (Wildman–Crippen MR) is 123 cm³/mol. The first kappa shape index (κ1) is 22.6. The Hall–Kier alpha value is -4.15. The summed E-state index contributed by atoms with van der Waals surface area (Å²) >= 11 is 0. The Bertz CT molecular complexity index is 1340. The molecule has 0 spiro atoms. The first-order valence-corrected chi connectivity index (χ1v) is 10.9. The van der Waals surface area contributed by atoms with Gasteiger partial charge >= 0.3 is 11.8 Å². The molecule has 1 aliphatic rings. The average Bonchev–Trinajstić information content (AvgIpc) is 3.32. The Labute approximate surface area is 200 Å². The van der Waals surface area contributed by atoms with Crippen LogP contribution in [0, 0.1) is 11.7 Å². The monoisotopic (exact) mass is 475 g/mol. The summed E-state index contributed by atoms with van der Waals surface area (Å²) in [6.45, 7) is 2.44. The lowest BCUT2D eigenvalue weighted by Crippen LogP contribution is -2.51. The van der Waals surface area contributed by atoms with E-state index in [1.54, 1.807) is 30.3 Å². The van der Waals surface area contributed by atoms with E-state index in [1.807, 2.05) is 25.1 Å². The van der Waals surface area contributed by atoms with E-state index in [-0.39, 0.29) is 31.0 Å². The van der Waals surface area contributed by atoms with Gasteiger partial charge in [0.05, 0.1) is 30.3 Å². The lowest BCUT2D eigenvalue weighted by molar-refractivity contribution is -0.275. The summed E-state index contributed by atoms with van der Waals surface area (Å²) in [6.07, 6.45) is 1.54. The maximum absolute atomic E-state index is 13.6. The minimum Gasteiger partial charge on any atom is -0.424 e. The summed E-state index contributed by atoms with van der Waals surface area (Å²) in [5.74, 6) is -2.42. The highest BCUT2D eigenvalue weighted by atomic mass is 19.1. The molecule has 0 unspecified atom stereocenters. The normalized spacial score (nSPS) is 19.9. The summed E-state index contributed by atoms with van der Waals surface area (Å²) in [6, 6.07) is 16.6. The van der Waals surface area contributed by atoms with Crippen molar-refractivity contribution in [2.24, 2.45) is 11.7 Å². The van der Waals surface area contributed by atoms with Gasteiger partial charge in [0.2, 0.25) is 0 Å². The van der Waals surface area contributed by atoms with Crippen molar-refractivity contribution in [3.63, 3.8) is 0 Å². The number of aromatic nitrogens is 4. The first-order chi connectivity index (χ1) is 16.9. The Kier molecular flexibility index (Phi) is 5.98. The SMILES string of the molecule is CC1COC(C(N)=O)(c2nc(-c3ccc(F)cc3)c(-c3ccnc(Oc4ccccc4)n3)[nH]2)OC1. The number of para-hydroxylation sites is 1. The summed E-state index contributed by atoms with van der Waals surface area (Å²) in [5.41, 5.74) is 7.53. The number of nitrogens with one attached hydrogen (secondary N) is 1. The zero-order chi connectivity index (χ0) is 24.4. The molecule has 0 aliphatic carbocycles. The number of H-pyrrole nitrogens is 1. The van der Waals surface area contributed by atoms with Gasteiger partial charge in [0, 0.05) is 17.7 Å². The third kappa shape index (κ3) is 4.48. The Morgan fingerprint density at radius 3 is 2.49 bits per heavy atom. The predicted octanol–water partition coefficient (Wildman–Crippen LogP) is 3.79. The fraction of sp³-hybridized carbons (Fsp3) is 0.200. The number of carbonyl (C=O) groups is 1. The van der Waals surface area contributed by atoms with Gasteiger partial charge < -0.3 is 24.9 Å². The number of hydrogen-bond donors (Lipinski definition) is 2. The highest BCUT2D eigenvalue weighted by molar-refractivity contribution is 5.84. The molecule has 0 saturated carbocycles. The largest absolute Gasteiger partial charge is 0.424 e. The standard InChI is InChI=1S/C25H22FN5O4/c1-15-13-33-25(22(27)32,34-14-15)23-30-20(16-7-9-17(26)10-8-16)21(31-23)19-11-12-28-24(29-19)35-18-5-3-2-4-6-18/h2-12,15H,13-14H2,1H3,(H2,27,32)(H,30,31). The maximum atomic E-state index is 13.6. The van der Waals surface area contributed by atoms with Crippen LogP contribution in [-0.2, 0) is 20.1 Å². The number of carbonyl (C=O) groups excluding carboxylic acids is 1. The van der Waals surface area contributed by atoms with Crippen molar-refractivity contribution in [2.45, 2.75) is 12.7 Å². The number of nitrogens with two attached hydrogens (primary N) is 1. The van der Waals surface area contributed by atoms with E-state index >= 15 is 0 Å². The van der Waals surface area contributed by atoms with Crippen LogP contribution in [0.15, 0.2) is 66.9 Å². The molecular weight excluding hydrogens is 453 g/mol. The van der Waals surface area contributed by atoms with Gasteiger partial charge in [-0.25, -0.2) is 14.4 Å². The van der Waals surface area contributed by atoms with Crippen LogP contribution in [0.25, 0.3) is 22.6 Å². The van der Waals surface area contributed by atoms with Crippen LogP contribution < -0.4 is 10.5 Å². The number of primary amides is 1. The van der Waals surface area contributed by atoms with E-state index in [9.17, 15) is 9.18 Å². The van der Waals surface area contributed by atoms with Gasteiger partial charge in [0.1, 0.15) is 11.6 Å². The third-order valence-electron chi connectivity index (χ3n) is 5.44. The fourth-order valence-electron chi connectivity index (χ4n) is 3.66. The zero-order valence-corrected chi connectivity index (χ0v) is 18.8. The molecule has 1 saturated heterocycles. The second-order valence-corrected chi connectivity index (χ2v) is 8.16. The maximum Gasteiger partial charge on any atom is 0.322 e. The smallest absolute Gasteiger partial charge is 0.322 e. The molecule has 1 fully saturated rings. The highest BCUT2D eigenvalue weighted by Gasteiger charge is 2.48. The number of benzene rings is 2. The zero-order valence-electron chi connectivity index (χ0n) is 18.8. The van der Waals surface area contributed by atoms with Crippen LogP contribution in [0.3, 0.4) is 0 Å². The molecule has 178 valence electrons. The van der Waals surface area contributed by atoms with Crippen LogP contribution in [0.5, 0.6) is 11.8 Å². The van der Waals surface area contributed by atoms with E-state index in [2.05, 4.69) is 19.9 Å². The number of rotatable bonds is 6. The minimum absolute atomic E-state index is 0.0652. The van der Waals surface area contributed by atoms with E-state index in [4.69, 9.17) is 19.9 Å². The van der Waals surface area contributed by atoms with Crippen LogP contribution in [0.1, 0.15) is 12.7 Å². The molecule has 2 aromatic carbocycles. The van der Waals surface area contributed by atoms with Gasteiger partial charge in [-0.05, 0) is 42.5 Å². The molecule has 0 bridgehead atoms. The minimum atomic E-state index is -1.89. The molecular formula is C25H22FN5O4. The van der Waals surface area contributed by atoms with Gasteiger partial charge in [-0.3, -0.25) is 4.79 Å². The Morgan fingerprint density at radius 2 is 1.80 bits per heavy atom. The van der Waals surface area contributed by atoms with Crippen molar-refractivity contribution in [1.29, 1.82) is 0 Å². The molecule has 5 rings (SSSR count). The second kappa shape index (κ2) is 9.24. The summed E-state index contributed by atoms with van der Waals surface area (Å²) < 4.78 is 30.9. The van der Waals surface area contributed by atoms with Gasteiger partial charge in [0.15, 0.2) is 5.82 Å². The van der Waals surface area contributed by atoms with Crippen LogP contribution >= 0.6 is 0 Å². The van der Waals surface area contributed by atoms with Crippen molar-refractivity contribution in [2.75, 3.05) is 13.2 Å². The molecule has 2 aromatic heterocycles. The molecule has 1 aliphatic heterocycles. The van der Waals surface area contributed by atoms with Gasteiger partial charge in [0.25, 0.3) is 5.91 Å². The van der Waals surface area contributed by atoms with E-state index < -0.39 is 17.5 Å². The third-order valence-corrected chi connectivity index (χ3v) is 5.44. The van der Waals surface area contributed by atoms with E-state index in [1.165, 1.54) is 18.3 Å². The van der Waals surface area contributed by atoms with Gasteiger partial charge in [-0.15, -0.1) is 0 Å². The molecule has 3 N–H and O–H groups in total. The number of halogens is 1. The van der Waals surface area contributed by atoms with Crippen LogP contribution in [0.4, 0.5) is 4.39 Å². The molecule has 1 amide bonds. The van der Waals surface area contributed by atoms with Crippen molar-refractivity contribution in [1.82, 2.24) is 19.9 Å². The molecule has 4 aromatic rings. The van der Waals surface area contributed by atoms with Crippen LogP contribution in [-0.4, -0.2) is 39.1 Å². The Morgan fingerprint density at radius 1 is 1.09 bits per heavy atom. The molecule has 9 nitrogen and oxygen atoms in total. The summed E-state index contributed by atoms with van der Waals surface area (Å²) in [5, 5.41) is 0. The van der Waals surface area contributed by atoms with Gasteiger partial charge in [-0.1, -0.05) is 25.1 Å².